The standard InChI is InChI=1S/C12H26N2O/c1-3-7-13-12(10-15)9-14(4-2)8-11-5-6-11/h11-13,15H,3-10H2,1-2H3. The number of nitrogens with zero attached hydrogens (tertiary/aromatic N) is 1. The molecule has 0 heterocycles. The molecule has 0 bridgehead atoms. The van der Waals surface area contributed by atoms with Gasteiger partial charge in [0.25, 0.3) is 0 Å². The van der Waals surface area contributed by atoms with Crippen LogP contribution < -0.4 is 5.32 Å². The summed E-state index contributed by atoms with van der Waals surface area (Å²) in [6.45, 7) is 8.93. The van der Waals surface area contributed by atoms with Crippen LogP contribution in [0.3, 0.4) is 0 Å². The van der Waals surface area contributed by atoms with E-state index in [0.29, 0.717) is 0 Å². The minimum absolute atomic E-state index is 0.251. The van der Waals surface area contributed by atoms with Gasteiger partial charge in [0.05, 0.1) is 6.61 Å². The molecule has 0 spiro atoms. The molecule has 0 aliphatic heterocycles. The molecule has 1 aliphatic carbocycles. The van der Waals surface area contributed by atoms with Gasteiger partial charge >= 0.3 is 0 Å². The summed E-state index contributed by atoms with van der Waals surface area (Å²) >= 11 is 0. The lowest BCUT2D eigenvalue weighted by Crippen LogP contribution is -2.44. The Labute approximate surface area is 93.9 Å². The van der Waals surface area contributed by atoms with Gasteiger partial charge in [-0.2, -0.15) is 0 Å². The first-order valence-corrected chi connectivity index (χ1v) is 6.36. The molecule has 1 unspecified atom stereocenters. The first kappa shape index (κ1) is 12.9. The summed E-state index contributed by atoms with van der Waals surface area (Å²) in [7, 11) is 0. The van der Waals surface area contributed by atoms with E-state index in [4.69, 9.17) is 0 Å². The Morgan fingerprint density at radius 1 is 1.40 bits per heavy atom. The van der Waals surface area contributed by atoms with Gasteiger partial charge in [-0.3, -0.25) is 0 Å². The van der Waals surface area contributed by atoms with Crippen LogP contribution in [0, 0.1) is 5.92 Å². The van der Waals surface area contributed by atoms with E-state index in [1.54, 1.807) is 0 Å². The SMILES string of the molecule is CCCNC(CO)CN(CC)CC1CC1. The highest BCUT2D eigenvalue weighted by molar-refractivity contribution is 4.79. The second-order valence-electron chi connectivity index (χ2n) is 4.63. The van der Waals surface area contributed by atoms with E-state index in [9.17, 15) is 5.11 Å². The summed E-state index contributed by atoms with van der Waals surface area (Å²) in [5, 5.41) is 12.6. The third kappa shape index (κ3) is 5.50. The number of rotatable bonds is 9. The highest BCUT2D eigenvalue weighted by Crippen LogP contribution is 2.29. The maximum Gasteiger partial charge on any atom is 0.0597 e. The summed E-state index contributed by atoms with van der Waals surface area (Å²) in [5.74, 6) is 0.940. The van der Waals surface area contributed by atoms with Crippen molar-refractivity contribution < 1.29 is 5.11 Å². The lowest BCUT2D eigenvalue weighted by Gasteiger charge is -2.26. The average molecular weight is 214 g/mol. The smallest absolute Gasteiger partial charge is 0.0597 e. The minimum Gasteiger partial charge on any atom is -0.395 e. The first-order valence-electron chi connectivity index (χ1n) is 6.36. The van der Waals surface area contributed by atoms with Gasteiger partial charge in [-0.1, -0.05) is 13.8 Å². The van der Waals surface area contributed by atoms with E-state index in [-0.39, 0.29) is 12.6 Å². The number of likely N-dealkylation sites (N-methyl/N-ethyl adjacent to an activating group) is 1. The quantitative estimate of drug-likeness (QED) is 0.603. The van der Waals surface area contributed by atoms with Crippen LogP contribution in [0.15, 0.2) is 0 Å². The van der Waals surface area contributed by atoms with Gasteiger partial charge in [0.1, 0.15) is 0 Å². The van der Waals surface area contributed by atoms with E-state index in [0.717, 1.165) is 32.0 Å². The Morgan fingerprint density at radius 3 is 2.60 bits per heavy atom. The Balaban J connectivity index is 2.19. The van der Waals surface area contributed by atoms with Crippen LogP contribution in [-0.2, 0) is 0 Å². The highest BCUT2D eigenvalue weighted by atomic mass is 16.3. The van der Waals surface area contributed by atoms with E-state index >= 15 is 0 Å². The van der Waals surface area contributed by atoms with Crippen molar-refractivity contribution in [3.63, 3.8) is 0 Å². The molecule has 1 saturated carbocycles. The van der Waals surface area contributed by atoms with Crippen LogP contribution in [0.5, 0.6) is 0 Å². The summed E-state index contributed by atoms with van der Waals surface area (Å²) in [4.78, 5) is 2.46. The molecule has 0 saturated heterocycles. The van der Waals surface area contributed by atoms with Crippen LogP contribution in [0.4, 0.5) is 0 Å². The van der Waals surface area contributed by atoms with E-state index < -0.39 is 0 Å². The van der Waals surface area contributed by atoms with Gasteiger partial charge < -0.3 is 15.3 Å². The monoisotopic (exact) mass is 214 g/mol. The molecule has 90 valence electrons. The summed E-state index contributed by atoms with van der Waals surface area (Å²) in [5.41, 5.74) is 0. The molecule has 1 atom stereocenters. The number of nitrogens with one attached hydrogen (secondary N) is 1. The van der Waals surface area contributed by atoms with Crippen molar-refractivity contribution in [3.8, 4) is 0 Å². The molecule has 1 aliphatic rings. The van der Waals surface area contributed by atoms with Crippen LogP contribution >= 0.6 is 0 Å². The highest BCUT2D eigenvalue weighted by Gasteiger charge is 2.24. The Bertz CT molecular complexity index is 160. The van der Waals surface area contributed by atoms with Crippen LogP contribution in [0.25, 0.3) is 0 Å². The molecule has 15 heavy (non-hydrogen) atoms. The summed E-state index contributed by atoms with van der Waals surface area (Å²) in [6, 6.07) is 0.253. The largest absolute Gasteiger partial charge is 0.395 e. The van der Waals surface area contributed by atoms with Crippen molar-refractivity contribution in [3.05, 3.63) is 0 Å². The molecule has 2 N–H and O–H groups in total. The lowest BCUT2D eigenvalue weighted by molar-refractivity contribution is 0.181. The van der Waals surface area contributed by atoms with Crippen LogP contribution in [0.2, 0.25) is 0 Å². The molecule has 3 nitrogen and oxygen atoms in total. The summed E-state index contributed by atoms with van der Waals surface area (Å²) in [6.07, 6.45) is 3.94. The average Bonchev–Trinajstić information content (AvgIpc) is 3.06. The molecule has 1 rings (SSSR count). The number of aliphatic hydroxyl groups excluding tert-OH is 1. The van der Waals surface area contributed by atoms with Gasteiger partial charge in [-0.25, -0.2) is 0 Å². The van der Waals surface area contributed by atoms with Crippen molar-refractivity contribution in [2.45, 2.75) is 39.2 Å². The predicted molar refractivity (Wildman–Crippen MR) is 64.0 cm³/mol. The molecule has 0 aromatic heterocycles. The van der Waals surface area contributed by atoms with Gasteiger partial charge in [0.15, 0.2) is 0 Å². The number of hydrogen-bond acceptors (Lipinski definition) is 3. The normalized spacial score (nSPS) is 18.4. The van der Waals surface area contributed by atoms with E-state index in [2.05, 4.69) is 24.1 Å². The fourth-order valence-corrected chi connectivity index (χ4v) is 1.85. The second kappa shape index (κ2) is 7.20. The number of hydrogen-bond donors (Lipinski definition) is 2. The van der Waals surface area contributed by atoms with E-state index in [1.165, 1.54) is 19.4 Å². The number of aliphatic hydroxyl groups is 1. The Kier molecular flexibility index (Phi) is 6.22. The third-order valence-corrected chi connectivity index (χ3v) is 3.04. The van der Waals surface area contributed by atoms with Crippen molar-refractivity contribution in [2.75, 3.05) is 32.8 Å². The minimum atomic E-state index is 0.251. The topological polar surface area (TPSA) is 35.5 Å². The summed E-state index contributed by atoms with van der Waals surface area (Å²) < 4.78 is 0. The van der Waals surface area contributed by atoms with E-state index in [1.807, 2.05) is 0 Å². The molecule has 0 aromatic carbocycles. The first-order chi connectivity index (χ1) is 7.30. The van der Waals surface area contributed by atoms with Gasteiger partial charge in [0.2, 0.25) is 0 Å². The van der Waals surface area contributed by atoms with Gasteiger partial charge in [-0.15, -0.1) is 0 Å². The molecule has 1 fully saturated rings. The lowest BCUT2D eigenvalue weighted by atomic mass is 10.2. The fraction of sp³-hybridized carbons (Fsp3) is 1.00. The Morgan fingerprint density at radius 2 is 2.13 bits per heavy atom. The Hall–Kier alpha value is -0.120. The maximum absolute atomic E-state index is 9.26. The predicted octanol–water partition coefficient (Wildman–Crippen LogP) is 1.08. The van der Waals surface area contributed by atoms with Crippen molar-refractivity contribution in [1.82, 2.24) is 10.2 Å². The van der Waals surface area contributed by atoms with Crippen molar-refractivity contribution >= 4 is 0 Å². The zero-order valence-electron chi connectivity index (χ0n) is 10.2. The van der Waals surface area contributed by atoms with Crippen molar-refractivity contribution in [2.24, 2.45) is 5.92 Å². The second-order valence-corrected chi connectivity index (χ2v) is 4.63. The zero-order chi connectivity index (χ0) is 11.1. The molecule has 0 aromatic rings. The molecule has 0 radical (unpaired) electrons. The molecular weight excluding hydrogens is 188 g/mol. The van der Waals surface area contributed by atoms with Crippen molar-refractivity contribution in [1.29, 1.82) is 0 Å². The maximum atomic E-state index is 9.26. The van der Waals surface area contributed by atoms with Crippen LogP contribution in [0.1, 0.15) is 33.1 Å². The zero-order valence-corrected chi connectivity index (χ0v) is 10.2. The third-order valence-electron chi connectivity index (χ3n) is 3.04. The van der Waals surface area contributed by atoms with Gasteiger partial charge in [-0.05, 0) is 38.3 Å². The molecular formula is C12H26N2O. The van der Waals surface area contributed by atoms with Crippen LogP contribution in [-0.4, -0.2) is 48.8 Å². The molecule has 0 amide bonds. The van der Waals surface area contributed by atoms with Gasteiger partial charge in [0, 0.05) is 19.1 Å². The molecule has 3 heteroatoms. The fourth-order valence-electron chi connectivity index (χ4n) is 1.85.